The molecule has 1 aromatic heterocycles. The standard InChI is InChI=1S/C19H17F3N4OS2/c1-9-5-4-6-13(10(9)2)24-18-25-26-19(29-18)28-11(3)17(27)23-14-8-7-12(20)15(21)16(14)22/h4-8,11H,1-3H3,(H,23,27)(H,24,25). The number of carbonyl (C=O) groups is 1. The van der Waals surface area contributed by atoms with E-state index in [2.05, 4.69) is 20.8 Å². The minimum absolute atomic E-state index is 0.420. The summed E-state index contributed by atoms with van der Waals surface area (Å²) in [4.78, 5) is 12.3. The second kappa shape index (κ2) is 8.83. The lowest BCUT2D eigenvalue weighted by Crippen LogP contribution is -2.23. The van der Waals surface area contributed by atoms with E-state index in [1.807, 2.05) is 32.0 Å². The largest absolute Gasteiger partial charge is 0.330 e. The Morgan fingerprint density at radius 3 is 2.59 bits per heavy atom. The average molecular weight is 439 g/mol. The number of amides is 1. The SMILES string of the molecule is Cc1cccc(Nc2nnc(SC(C)C(=O)Nc3ccc(F)c(F)c3F)s2)c1C. The number of hydrogen-bond acceptors (Lipinski definition) is 6. The number of nitrogens with one attached hydrogen (secondary N) is 2. The number of anilines is 3. The van der Waals surface area contributed by atoms with E-state index in [0.29, 0.717) is 9.47 Å². The fourth-order valence-corrected chi connectivity index (χ4v) is 4.28. The topological polar surface area (TPSA) is 66.9 Å². The number of hydrogen-bond donors (Lipinski definition) is 2. The van der Waals surface area contributed by atoms with Crippen molar-refractivity contribution >= 4 is 45.5 Å². The van der Waals surface area contributed by atoms with Crippen molar-refractivity contribution in [2.45, 2.75) is 30.4 Å². The maximum atomic E-state index is 13.7. The van der Waals surface area contributed by atoms with Crippen LogP contribution >= 0.6 is 23.1 Å². The van der Waals surface area contributed by atoms with Crippen LogP contribution in [0, 0.1) is 31.3 Å². The van der Waals surface area contributed by atoms with Gasteiger partial charge in [-0.25, -0.2) is 13.2 Å². The molecule has 0 bridgehead atoms. The molecule has 1 heterocycles. The van der Waals surface area contributed by atoms with Gasteiger partial charge in [-0.05, 0) is 50.1 Å². The van der Waals surface area contributed by atoms with E-state index >= 15 is 0 Å². The van der Waals surface area contributed by atoms with Gasteiger partial charge in [0.05, 0.1) is 10.9 Å². The molecular formula is C19H17F3N4OS2. The zero-order valence-electron chi connectivity index (χ0n) is 15.7. The van der Waals surface area contributed by atoms with Crippen LogP contribution in [0.2, 0.25) is 0 Å². The Kier molecular flexibility index (Phi) is 6.43. The van der Waals surface area contributed by atoms with Gasteiger partial charge in [0.2, 0.25) is 11.0 Å². The minimum atomic E-state index is -1.63. The normalized spacial score (nSPS) is 11.9. The van der Waals surface area contributed by atoms with Crippen molar-refractivity contribution in [1.29, 1.82) is 0 Å². The fourth-order valence-electron chi connectivity index (χ4n) is 2.37. The van der Waals surface area contributed by atoms with E-state index in [1.54, 1.807) is 6.92 Å². The van der Waals surface area contributed by atoms with Crippen LogP contribution in [0.25, 0.3) is 0 Å². The average Bonchev–Trinajstić information content (AvgIpc) is 3.12. The van der Waals surface area contributed by atoms with Crippen LogP contribution in [-0.4, -0.2) is 21.4 Å². The van der Waals surface area contributed by atoms with E-state index in [4.69, 9.17) is 0 Å². The van der Waals surface area contributed by atoms with Crippen molar-refractivity contribution in [3.05, 3.63) is 58.9 Å². The smallest absolute Gasteiger partial charge is 0.237 e. The number of halogens is 3. The Balaban J connectivity index is 1.64. The number of rotatable bonds is 6. The van der Waals surface area contributed by atoms with Crippen molar-refractivity contribution in [3.8, 4) is 0 Å². The summed E-state index contributed by atoms with van der Waals surface area (Å²) in [7, 11) is 0. The Morgan fingerprint density at radius 1 is 1.07 bits per heavy atom. The molecule has 5 nitrogen and oxygen atoms in total. The van der Waals surface area contributed by atoms with Crippen LogP contribution in [0.1, 0.15) is 18.1 Å². The van der Waals surface area contributed by atoms with Gasteiger partial charge >= 0.3 is 0 Å². The number of benzene rings is 2. The monoisotopic (exact) mass is 438 g/mol. The van der Waals surface area contributed by atoms with E-state index < -0.39 is 34.3 Å². The molecule has 10 heteroatoms. The second-order valence-corrected chi connectivity index (χ2v) is 8.78. The van der Waals surface area contributed by atoms with Crippen LogP contribution in [0.3, 0.4) is 0 Å². The molecule has 1 atom stereocenters. The molecule has 0 aliphatic carbocycles. The Morgan fingerprint density at radius 2 is 1.83 bits per heavy atom. The summed E-state index contributed by atoms with van der Waals surface area (Å²) >= 11 is 2.39. The third-order valence-corrected chi connectivity index (χ3v) is 6.22. The first-order valence-electron chi connectivity index (χ1n) is 8.54. The van der Waals surface area contributed by atoms with Gasteiger partial charge in [-0.15, -0.1) is 10.2 Å². The van der Waals surface area contributed by atoms with E-state index in [0.717, 1.165) is 40.7 Å². The maximum Gasteiger partial charge on any atom is 0.237 e. The molecule has 2 N–H and O–H groups in total. The van der Waals surface area contributed by atoms with Crippen molar-refractivity contribution in [2.75, 3.05) is 10.6 Å². The lowest BCUT2D eigenvalue weighted by molar-refractivity contribution is -0.115. The third-order valence-electron chi connectivity index (χ3n) is 4.19. The molecule has 152 valence electrons. The van der Waals surface area contributed by atoms with Gasteiger partial charge in [0.1, 0.15) is 0 Å². The molecule has 29 heavy (non-hydrogen) atoms. The molecule has 1 amide bonds. The second-order valence-electron chi connectivity index (χ2n) is 6.22. The summed E-state index contributed by atoms with van der Waals surface area (Å²) in [5.41, 5.74) is 2.73. The van der Waals surface area contributed by atoms with Gasteiger partial charge in [-0.1, -0.05) is 35.2 Å². The third kappa shape index (κ3) is 4.88. The van der Waals surface area contributed by atoms with Gasteiger partial charge < -0.3 is 10.6 Å². The quantitative estimate of drug-likeness (QED) is 0.397. The molecule has 3 aromatic rings. The molecule has 2 aromatic carbocycles. The molecule has 0 aliphatic rings. The zero-order chi connectivity index (χ0) is 21.1. The first kappa shape index (κ1) is 21.1. The first-order valence-corrected chi connectivity index (χ1v) is 10.2. The van der Waals surface area contributed by atoms with Crippen LogP contribution < -0.4 is 10.6 Å². The molecular weight excluding hydrogens is 421 g/mol. The van der Waals surface area contributed by atoms with E-state index in [1.165, 1.54) is 11.3 Å². The van der Waals surface area contributed by atoms with Crippen LogP contribution in [0.5, 0.6) is 0 Å². The van der Waals surface area contributed by atoms with Crippen LogP contribution in [0.15, 0.2) is 34.7 Å². The number of nitrogens with zero attached hydrogens (tertiary/aromatic N) is 2. The number of thioether (sulfide) groups is 1. The van der Waals surface area contributed by atoms with Gasteiger partial charge in [-0.2, -0.15) is 0 Å². The summed E-state index contributed by atoms with van der Waals surface area (Å²) in [6.45, 7) is 5.60. The summed E-state index contributed by atoms with van der Waals surface area (Å²) in [5.74, 6) is -4.96. The molecule has 0 aliphatic heterocycles. The molecule has 0 saturated heterocycles. The van der Waals surface area contributed by atoms with Crippen molar-refractivity contribution in [2.24, 2.45) is 0 Å². The minimum Gasteiger partial charge on any atom is -0.330 e. The summed E-state index contributed by atoms with van der Waals surface area (Å²) in [6.07, 6.45) is 0. The molecule has 0 saturated carbocycles. The van der Waals surface area contributed by atoms with Crippen LogP contribution in [0.4, 0.5) is 29.7 Å². The van der Waals surface area contributed by atoms with E-state index in [9.17, 15) is 18.0 Å². The fraction of sp³-hybridized carbons (Fsp3) is 0.211. The van der Waals surface area contributed by atoms with Gasteiger partial charge in [0.25, 0.3) is 0 Å². The summed E-state index contributed by atoms with van der Waals surface area (Å²) in [6, 6.07) is 7.61. The highest BCUT2D eigenvalue weighted by molar-refractivity contribution is 8.02. The zero-order valence-corrected chi connectivity index (χ0v) is 17.4. The summed E-state index contributed by atoms with van der Waals surface area (Å²) in [5, 5.41) is 13.5. The first-order chi connectivity index (χ1) is 13.8. The Hall–Kier alpha value is -2.59. The molecule has 3 rings (SSSR count). The van der Waals surface area contributed by atoms with Crippen molar-refractivity contribution in [3.63, 3.8) is 0 Å². The Labute approximate surface area is 173 Å². The number of aryl methyl sites for hydroxylation is 1. The highest BCUT2D eigenvalue weighted by atomic mass is 32.2. The van der Waals surface area contributed by atoms with Gasteiger partial charge in [0.15, 0.2) is 21.8 Å². The lowest BCUT2D eigenvalue weighted by Gasteiger charge is -2.11. The molecule has 1 unspecified atom stereocenters. The van der Waals surface area contributed by atoms with E-state index in [-0.39, 0.29) is 0 Å². The van der Waals surface area contributed by atoms with Crippen molar-refractivity contribution < 1.29 is 18.0 Å². The van der Waals surface area contributed by atoms with Gasteiger partial charge in [0, 0.05) is 5.69 Å². The van der Waals surface area contributed by atoms with Crippen molar-refractivity contribution in [1.82, 2.24) is 10.2 Å². The lowest BCUT2D eigenvalue weighted by atomic mass is 10.1. The number of carbonyl (C=O) groups excluding carboxylic acids is 1. The maximum absolute atomic E-state index is 13.7. The highest BCUT2D eigenvalue weighted by Crippen LogP contribution is 2.32. The predicted octanol–water partition coefficient (Wildman–Crippen LogP) is 5.44. The highest BCUT2D eigenvalue weighted by Gasteiger charge is 2.21. The molecule has 0 spiro atoms. The van der Waals surface area contributed by atoms with Crippen LogP contribution in [-0.2, 0) is 4.79 Å². The number of aromatic nitrogens is 2. The van der Waals surface area contributed by atoms with Gasteiger partial charge in [-0.3, -0.25) is 4.79 Å². The summed E-state index contributed by atoms with van der Waals surface area (Å²) < 4.78 is 40.5. The molecule has 0 radical (unpaired) electrons. The predicted molar refractivity (Wildman–Crippen MR) is 109 cm³/mol. The molecule has 0 fully saturated rings. The Bertz CT molecular complexity index is 1060.